The number of aliphatic carboxylic acids is 1. The predicted octanol–water partition coefficient (Wildman–Crippen LogP) is 1.10. The summed E-state index contributed by atoms with van der Waals surface area (Å²) < 4.78 is 0. The van der Waals surface area contributed by atoms with Gasteiger partial charge < -0.3 is 20.4 Å². The van der Waals surface area contributed by atoms with Crippen molar-refractivity contribution in [3.63, 3.8) is 0 Å². The van der Waals surface area contributed by atoms with Crippen molar-refractivity contribution in [3.05, 3.63) is 11.6 Å². The number of likely N-dealkylation sites (N-methyl/N-ethyl adjacent to an activating group) is 2. The molecule has 1 aliphatic heterocycles. The van der Waals surface area contributed by atoms with Crippen LogP contribution in [0.1, 0.15) is 48.0 Å². The fourth-order valence-electron chi connectivity index (χ4n) is 3.60. The van der Waals surface area contributed by atoms with Gasteiger partial charge in [0.25, 0.3) is 0 Å². The molecule has 29 heavy (non-hydrogen) atoms. The van der Waals surface area contributed by atoms with E-state index in [9.17, 15) is 24.6 Å². The molecule has 0 aromatic carbocycles. The number of carboxylic acid groups (broad SMARTS) is 1. The molecule has 2 amide bonds. The van der Waals surface area contributed by atoms with Crippen molar-refractivity contribution >= 4 is 17.8 Å². The average Bonchev–Trinajstić information content (AvgIpc) is 2.92. The molecule has 1 fully saturated rings. The molecule has 0 saturated carbocycles. The van der Waals surface area contributed by atoms with Gasteiger partial charge in [-0.25, -0.2) is 4.79 Å². The second-order valence-electron chi connectivity index (χ2n) is 9.49. The molecule has 1 aliphatic rings. The predicted molar refractivity (Wildman–Crippen MR) is 111 cm³/mol. The zero-order chi connectivity index (χ0) is 22.7. The maximum Gasteiger partial charge on any atom is 0.331 e. The van der Waals surface area contributed by atoms with E-state index in [1.165, 1.54) is 11.8 Å². The van der Waals surface area contributed by atoms with E-state index in [2.05, 4.69) is 5.32 Å². The Morgan fingerprint density at radius 2 is 1.79 bits per heavy atom. The van der Waals surface area contributed by atoms with Crippen LogP contribution in [-0.2, 0) is 14.4 Å². The van der Waals surface area contributed by atoms with Gasteiger partial charge in [0.1, 0.15) is 6.04 Å². The molecule has 166 valence electrons. The molecule has 1 rings (SSSR count). The fourth-order valence-corrected chi connectivity index (χ4v) is 3.60. The second-order valence-corrected chi connectivity index (χ2v) is 9.49. The van der Waals surface area contributed by atoms with Crippen molar-refractivity contribution < 1.29 is 24.6 Å². The first-order valence-electron chi connectivity index (χ1n) is 10.0. The monoisotopic (exact) mass is 411 g/mol. The fraction of sp³-hybridized carbons (Fsp3) is 0.762. The van der Waals surface area contributed by atoms with Crippen molar-refractivity contribution in [2.45, 2.75) is 72.2 Å². The van der Waals surface area contributed by atoms with E-state index in [4.69, 9.17) is 0 Å². The molecule has 3 N–H and O–H groups in total. The van der Waals surface area contributed by atoms with Gasteiger partial charge in [0.2, 0.25) is 11.8 Å². The molecule has 0 aliphatic carbocycles. The Bertz CT molecular complexity index is 653. The number of hydrogen-bond acceptors (Lipinski definition) is 5. The third kappa shape index (κ3) is 6.54. The largest absolute Gasteiger partial charge is 0.478 e. The molecule has 8 heteroatoms. The van der Waals surface area contributed by atoms with E-state index in [0.29, 0.717) is 13.0 Å². The van der Waals surface area contributed by atoms with Gasteiger partial charge in [0, 0.05) is 19.2 Å². The number of hydrogen-bond donors (Lipinski definition) is 3. The van der Waals surface area contributed by atoms with Crippen molar-refractivity contribution in [2.24, 2.45) is 11.3 Å². The molecule has 3 unspecified atom stereocenters. The smallest absolute Gasteiger partial charge is 0.331 e. The van der Waals surface area contributed by atoms with E-state index < -0.39 is 35.6 Å². The van der Waals surface area contributed by atoms with Crippen LogP contribution in [0.3, 0.4) is 0 Å². The number of carbonyl (C=O) groups excluding carboxylic acids is 2. The van der Waals surface area contributed by atoms with Crippen molar-refractivity contribution in [2.75, 3.05) is 20.6 Å². The second kappa shape index (κ2) is 9.71. The third-order valence-electron chi connectivity index (χ3n) is 5.46. The van der Waals surface area contributed by atoms with E-state index in [-0.39, 0.29) is 23.3 Å². The lowest BCUT2D eigenvalue weighted by Gasteiger charge is -2.38. The topological polar surface area (TPSA) is 110 Å². The summed E-state index contributed by atoms with van der Waals surface area (Å²) in [6.45, 7) is 11.4. The summed E-state index contributed by atoms with van der Waals surface area (Å²) in [5.74, 6) is -1.60. The van der Waals surface area contributed by atoms with Gasteiger partial charge in [-0.15, -0.1) is 0 Å². The maximum absolute atomic E-state index is 13.4. The maximum atomic E-state index is 13.4. The van der Waals surface area contributed by atoms with Crippen LogP contribution in [0.4, 0.5) is 0 Å². The Hall–Kier alpha value is -1.93. The lowest BCUT2D eigenvalue weighted by Crippen LogP contribution is -2.58. The first kappa shape index (κ1) is 25.1. The summed E-state index contributed by atoms with van der Waals surface area (Å²) in [5.41, 5.74) is -0.384. The SMILES string of the molecule is C/C(=C\C(C(C)C)N(C)C(=O)C(NC(=O)[C@H]1CC(O)CN1C)C(C)(C)C)C(=O)O. The van der Waals surface area contributed by atoms with Gasteiger partial charge in [0.15, 0.2) is 0 Å². The number of likely N-dealkylation sites (tertiary alicyclic amines) is 1. The van der Waals surface area contributed by atoms with Crippen LogP contribution in [0, 0.1) is 11.3 Å². The summed E-state index contributed by atoms with van der Waals surface area (Å²) in [4.78, 5) is 40.7. The Kier molecular flexibility index (Phi) is 8.41. The van der Waals surface area contributed by atoms with Gasteiger partial charge in [-0.1, -0.05) is 40.7 Å². The zero-order valence-electron chi connectivity index (χ0n) is 18.9. The van der Waals surface area contributed by atoms with Gasteiger partial charge in [0.05, 0.1) is 18.2 Å². The normalized spacial score (nSPS) is 23.0. The number of amides is 2. The molecule has 1 heterocycles. The first-order valence-corrected chi connectivity index (χ1v) is 10.0. The van der Waals surface area contributed by atoms with E-state index >= 15 is 0 Å². The number of aliphatic hydroxyl groups is 1. The Balaban J connectivity index is 3.10. The molecular formula is C21H37N3O5. The highest BCUT2D eigenvalue weighted by atomic mass is 16.4. The molecule has 8 nitrogen and oxygen atoms in total. The van der Waals surface area contributed by atoms with Crippen molar-refractivity contribution in [1.82, 2.24) is 15.1 Å². The number of carbonyl (C=O) groups is 3. The number of nitrogens with one attached hydrogen (secondary N) is 1. The highest BCUT2D eigenvalue weighted by Gasteiger charge is 2.40. The van der Waals surface area contributed by atoms with Crippen LogP contribution >= 0.6 is 0 Å². The number of carboxylic acids is 1. The minimum atomic E-state index is -1.03. The molecule has 4 atom stereocenters. The summed E-state index contributed by atoms with van der Waals surface area (Å²) in [7, 11) is 3.41. The van der Waals surface area contributed by atoms with Crippen LogP contribution in [0.25, 0.3) is 0 Å². The third-order valence-corrected chi connectivity index (χ3v) is 5.46. The van der Waals surface area contributed by atoms with Crippen LogP contribution in [-0.4, -0.2) is 82.7 Å². The average molecular weight is 412 g/mol. The van der Waals surface area contributed by atoms with Gasteiger partial charge in [-0.2, -0.15) is 0 Å². The van der Waals surface area contributed by atoms with Crippen LogP contribution in [0.2, 0.25) is 0 Å². The molecular weight excluding hydrogens is 374 g/mol. The zero-order valence-corrected chi connectivity index (χ0v) is 18.9. The van der Waals surface area contributed by atoms with Crippen molar-refractivity contribution in [3.8, 4) is 0 Å². The van der Waals surface area contributed by atoms with E-state index in [1.807, 2.05) is 34.6 Å². The number of aliphatic hydroxyl groups excluding tert-OH is 1. The van der Waals surface area contributed by atoms with Crippen molar-refractivity contribution in [1.29, 1.82) is 0 Å². The van der Waals surface area contributed by atoms with Crippen LogP contribution in [0.15, 0.2) is 11.6 Å². The lowest BCUT2D eigenvalue weighted by molar-refractivity contribution is -0.141. The Labute approximate surface area is 173 Å². The van der Waals surface area contributed by atoms with Crippen LogP contribution < -0.4 is 5.32 Å². The summed E-state index contributed by atoms with van der Waals surface area (Å²) in [5, 5.41) is 21.9. The molecule has 0 bridgehead atoms. The summed E-state index contributed by atoms with van der Waals surface area (Å²) in [6.07, 6.45) is 1.35. The van der Waals surface area contributed by atoms with Gasteiger partial charge in [-0.3, -0.25) is 14.5 Å². The number of β-amino-alcohol motifs (C(OH)–C–C–N with tert-alkyl or cyclic N) is 1. The van der Waals surface area contributed by atoms with Crippen LogP contribution in [0.5, 0.6) is 0 Å². The van der Waals surface area contributed by atoms with E-state index in [0.717, 1.165) is 0 Å². The number of nitrogens with zero attached hydrogens (tertiary/aromatic N) is 2. The number of rotatable bonds is 7. The standard InChI is InChI=1S/C21H37N3O5/c1-12(2)15(9-13(3)20(28)29)24(8)19(27)17(21(4,5)6)22-18(26)16-10-14(25)11-23(16)7/h9,12,14-17,25H,10-11H2,1-8H3,(H,22,26)(H,28,29)/b13-9+/t14?,15?,16-,17?/m1/s1. The van der Waals surface area contributed by atoms with E-state index in [1.54, 1.807) is 25.1 Å². The molecule has 0 aromatic heterocycles. The summed E-state index contributed by atoms with van der Waals surface area (Å²) in [6, 6.07) is -1.69. The Morgan fingerprint density at radius 3 is 2.17 bits per heavy atom. The minimum Gasteiger partial charge on any atom is -0.478 e. The molecule has 0 radical (unpaired) electrons. The quantitative estimate of drug-likeness (QED) is 0.541. The van der Waals surface area contributed by atoms with Gasteiger partial charge in [-0.05, 0) is 31.7 Å². The minimum absolute atomic E-state index is 0.00863. The first-order chi connectivity index (χ1) is 13.2. The highest BCUT2D eigenvalue weighted by molar-refractivity contribution is 5.91. The van der Waals surface area contributed by atoms with Gasteiger partial charge >= 0.3 is 5.97 Å². The highest BCUT2D eigenvalue weighted by Crippen LogP contribution is 2.25. The summed E-state index contributed by atoms with van der Waals surface area (Å²) >= 11 is 0. The lowest BCUT2D eigenvalue weighted by atomic mass is 9.85. The Morgan fingerprint density at radius 1 is 1.24 bits per heavy atom. The molecule has 1 saturated heterocycles. The molecule has 0 spiro atoms. The molecule has 0 aromatic rings.